The van der Waals surface area contributed by atoms with Crippen LogP contribution >= 0.6 is 0 Å². The van der Waals surface area contributed by atoms with Crippen LogP contribution in [0.2, 0.25) is 0 Å². The molecular weight excluding hydrogens is 228 g/mol. The first-order valence-corrected chi connectivity index (χ1v) is 6.85. The molecule has 0 aromatic heterocycles. The lowest BCUT2D eigenvalue weighted by atomic mass is 10.4. The molecule has 16 heavy (non-hydrogen) atoms. The molecule has 94 valence electrons. The van der Waals surface area contributed by atoms with E-state index in [1.165, 1.54) is 8.61 Å². The quantitative estimate of drug-likeness (QED) is 0.529. The fourth-order valence-corrected chi connectivity index (χ4v) is 3.62. The number of nitrogens with one attached hydrogen (secondary N) is 1. The first-order chi connectivity index (χ1) is 7.35. The first-order valence-electron chi connectivity index (χ1n) is 5.45. The monoisotopic (exact) mass is 248 g/mol. The average Bonchev–Trinajstić information content (AvgIpc) is 2.66. The number of hydrogen-bond acceptors (Lipinski definition) is 3. The van der Waals surface area contributed by atoms with Crippen molar-refractivity contribution in [1.82, 2.24) is 8.61 Å². The molecule has 6 nitrogen and oxygen atoms in total. The van der Waals surface area contributed by atoms with E-state index in [-0.39, 0.29) is 18.4 Å². The van der Waals surface area contributed by atoms with Gasteiger partial charge in [0.1, 0.15) is 5.84 Å². The van der Waals surface area contributed by atoms with Gasteiger partial charge in [0.25, 0.3) is 10.2 Å². The molecule has 0 aromatic carbocycles. The molecule has 0 atom stereocenters. The van der Waals surface area contributed by atoms with Gasteiger partial charge >= 0.3 is 0 Å². The number of amidine groups is 1. The highest BCUT2D eigenvalue weighted by Gasteiger charge is 2.33. The molecule has 1 heterocycles. The summed E-state index contributed by atoms with van der Waals surface area (Å²) in [6.07, 6.45) is 1.82. The van der Waals surface area contributed by atoms with Crippen LogP contribution in [0.3, 0.4) is 0 Å². The van der Waals surface area contributed by atoms with Gasteiger partial charge in [-0.3, -0.25) is 5.41 Å². The largest absolute Gasteiger partial charge is 0.387 e. The molecule has 3 N–H and O–H groups in total. The third-order valence-electron chi connectivity index (χ3n) is 2.59. The minimum atomic E-state index is -3.45. The maximum Gasteiger partial charge on any atom is 0.282 e. The molecule has 0 aliphatic carbocycles. The smallest absolute Gasteiger partial charge is 0.282 e. The summed E-state index contributed by atoms with van der Waals surface area (Å²) < 4.78 is 27.2. The molecule has 1 fully saturated rings. The van der Waals surface area contributed by atoms with Crippen molar-refractivity contribution >= 4 is 16.0 Å². The topological polar surface area (TPSA) is 90.5 Å². The molecular formula is C9H20N4O2S. The van der Waals surface area contributed by atoms with Gasteiger partial charge in [-0.25, -0.2) is 0 Å². The van der Waals surface area contributed by atoms with Crippen LogP contribution in [0.25, 0.3) is 0 Å². The van der Waals surface area contributed by atoms with Crippen molar-refractivity contribution in [3.63, 3.8) is 0 Å². The van der Waals surface area contributed by atoms with Gasteiger partial charge in [0, 0.05) is 19.1 Å². The van der Waals surface area contributed by atoms with Gasteiger partial charge in [-0.15, -0.1) is 0 Å². The molecule has 0 radical (unpaired) electrons. The van der Waals surface area contributed by atoms with Crippen LogP contribution < -0.4 is 5.73 Å². The summed E-state index contributed by atoms with van der Waals surface area (Å²) in [7, 11) is -3.45. The SMILES string of the molecule is CC(C)N(CC(=N)N)S(=O)(=O)N1CCCC1. The van der Waals surface area contributed by atoms with Crippen molar-refractivity contribution in [1.29, 1.82) is 5.41 Å². The number of rotatable bonds is 5. The number of nitrogens with two attached hydrogens (primary N) is 1. The standard InChI is InChI=1S/C9H20N4O2S/c1-8(2)13(7-9(10)11)16(14,15)12-5-3-4-6-12/h8H,3-7H2,1-2H3,(H3,10,11). The van der Waals surface area contributed by atoms with Crippen molar-refractivity contribution in [2.45, 2.75) is 32.7 Å². The molecule has 1 rings (SSSR count). The zero-order valence-corrected chi connectivity index (χ0v) is 10.6. The zero-order chi connectivity index (χ0) is 12.3. The van der Waals surface area contributed by atoms with Gasteiger partial charge in [0.05, 0.1) is 6.54 Å². The van der Waals surface area contributed by atoms with Crippen LogP contribution in [-0.2, 0) is 10.2 Å². The van der Waals surface area contributed by atoms with E-state index in [1.807, 2.05) is 0 Å². The fourth-order valence-electron chi connectivity index (χ4n) is 1.77. The lowest BCUT2D eigenvalue weighted by Crippen LogP contribution is -2.49. The molecule has 0 spiro atoms. The van der Waals surface area contributed by atoms with E-state index in [1.54, 1.807) is 13.8 Å². The third-order valence-corrected chi connectivity index (χ3v) is 4.75. The Morgan fingerprint density at radius 2 is 1.94 bits per heavy atom. The second-order valence-corrected chi connectivity index (χ2v) is 6.16. The van der Waals surface area contributed by atoms with Gasteiger partial charge in [-0.2, -0.15) is 17.0 Å². The van der Waals surface area contributed by atoms with E-state index in [4.69, 9.17) is 11.1 Å². The second-order valence-electron chi connectivity index (χ2n) is 4.28. The van der Waals surface area contributed by atoms with Crippen molar-refractivity contribution in [3.8, 4) is 0 Å². The lowest BCUT2D eigenvalue weighted by molar-refractivity contribution is 0.344. The Balaban J connectivity index is 2.87. The van der Waals surface area contributed by atoms with Crippen molar-refractivity contribution < 1.29 is 8.42 Å². The summed E-state index contributed by atoms with van der Waals surface area (Å²) in [6.45, 7) is 4.69. The number of hydrogen-bond donors (Lipinski definition) is 2. The Kier molecular flexibility index (Phi) is 4.28. The van der Waals surface area contributed by atoms with E-state index in [9.17, 15) is 8.42 Å². The Morgan fingerprint density at radius 1 is 1.44 bits per heavy atom. The fraction of sp³-hybridized carbons (Fsp3) is 0.889. The Hall–Kier alpha value is -0.660. The van der Waals surface area contributed by atoms with Crippen LogP contribution in [0.15, 0.2) is 0 Å². The van der Waals surface area contributed by atoms with E-state index >= 15 is 0 Å². The van der Waals surface area contributed by atoms with Crippen molar-refractivity contribution in [2.24, 2.45) is 5.73 Å². The maximum absolute atomic E-state index is 12.2. The first kappa shape index (κ1) is 13.4. The average molecular weight is 248 g/mol. The molecule has 1 saturated heterocycles. The minimum absolute atomic E-state index is 0.0312. The van der Waals surface area contributed by atoms with E-state index in [2.05, 4.69) is 0 Å². The molecule has 1 aliphatic heterocycles. The molecule has 0 aromatic rings. The van der Waals surface area contributed by atoms with Gasteiger partial charge in [0.2, 0.25) is 0 Å². The Morgan fingerprint density at radius 3 is 2.31 bits per heavy atom. The molecule has 0 unspecified atom stereocenters. The second kappa shape index (κ2) is 5.11. The minimum Gasteiger partial charge on any atom is -0.387 e. The highest BCUT2D eigenvalue weighted by molar-refractivity contribution is 7.86. The van der Waals surface area contributed by atoms with Gasteiger partial charge in [-0.05, 0) is 26.7 Å². The number of nitrogens with zero attached hydrogens (tertiary/aromatic N) is 2. The molecule has 0 amide bonds. The van der Waals surface area contributed by atoms with Gasteiger partial charge in [0.15, 0.2) is 0 Å². The Labute approximate surface area is 97.1 Å². The van der Waals surface area contributed by atoms with E-state index < -0.39 is 10.2 Å². The van der Waals surface area contributed by atoms with Crippen LogP contribution in [0, 0.1) is 5.41 Å². The summed E-state index contributed by atoms with van der Waals surface area (Å²) >= 11 is 0. The molecule has 7 heteroatoms. The van der Waals surface area contributed by atoms with Crippen LogP contribution in [0.5, 0.6) is 0 Å². The van der Waals surface area contributed by atoms with Crippen molar-refractivity contribution in [3.05, 3.63) is 0 Å². The van der Waals surface area contributed by atoms with Crippen molar-refractivity contribution in [2.75, 3.05) is 19.6 Å². The molecule has 1 aliphatic rings. The summed E-state index contributed by atoms with van der Waals surface area (Å²) in [5.41, 5.74) is 5.29. The van der Waals surface area contributed by atoms with Gasteiger partial charge in [-0.1, -0.05) is 0 Å². The zero-order valence-electron chi connectivity index (χ0n) is 9.81. The summed E-state index contributed by atoms with van der Waals surface area (Å²) in [4.78, 5) is 0. The normalized spacial score (nSPS) is 18.5. The Bertz CT molecular complexity index is 347. The van der Waals surface area contributed by atoms with Crippen LogP contribution in [-0.4, -0.2) is 48.5 Å². The highest BCUT2D eigenvalue weighted by Crippen LogP contribution is 2.18. The molecule has 0 saturated carbocycles. The van der Waals surface area contributed by atoms with E-state index in [0.717, 1.165) is 12.8 Å². The summed E-state index contributed by atoms with van der Waals surface area (Å²) in [5.74, 6) is -0.128. The molecule has 0 bridgehead atoms. The van der Waals surface area contributed by atoms with Gasteiger partial charge < -0.3 is 5.73 Å². The summed E-state index contributed by atoms with van der Waals surface area (Å²) in [5, 5.41) is 7.22. The maximum atomic E-state index is 12.2. The third kappa shape index (κ3) is 2.93. The predicted molar refractivity (Wildman–Crippen MR) is 63.5 cm³/mol. The van der Waals surface area contributed by atoms with Crippen LogP contribution in [0.4, 0.5) is 0 Å². The van der Waals surface area contributed by atoms with Crippen LogP contribution in [0.1, 0.15) is 26.7 Å². The summed E-state index contributed by atoms with van der Waals surface area (Å²) in [6, 6.07) is -0.186. The lowest BCUT2D eigenvalue weighted by Gasteiger charge is -2.29. The predicted octanol–water partition coefficient (Wildman–Crippen LogP) is -0.0266. The van der Waals surface area contributed by atoms with E-state index in [0.29, 0.717) is 13.1 Å². The highest BCUT2D eigenvalue weighted by atomic mass is 32.2.